The Hall–Kier alpha value is -3.39. The number of unbranched alkanes of at least 4 members (excludes halogenated alkanes) is 3. The quantitative estimate of drug-likeness (QED) is 0.0647. The number of hydrogen-bond acceptors (Lipinski definition) is 15. The Bertz CT molecular complexity index is 1760. The zero-order chi connectivity index (χ0) is 46.1. The van der Waals surface area contributed by atoms with Crippen LogP contribution in [0.5, 0.6) is 0 Å². The SMILES string of the molecule is CC[C@H]1OC(=O)[C@H](C)[C@@H](O)[C@H](C)[C@@H](O[C@@H]2O[C@H](C)C[C@H](N(C)Cc3cccc(-c4cn(CCCCCCC(=O)NO)nn4)c3)[C@H]2O)[C@](C)(OC)C[C@@H](C)C(=O)[C@H](C)[C@@H](O)[C@]1(C)O. The molecule has 2 aliphatic rings. The van der Waals surface area contributed by atoms with Crippen LogP contribution in [-0.4, -0.2) is 138 Å². The average molecular weight is 876 g/mol. The third-order valence-electron chi connectivity index (χ3n) is 13.3. The molecule has 2 saturated heterocycles. The third-order valence-corrected chi connectivity index (χ3v) is 13.3. The van der Waals surface area contributed by atoms with Gasteiger partial charge in [0.1, 0.15) is 29.3 Å². The van der Waals surface area contributed by atoms with Crippen LogP contribution in [0.1, 0.15) is 112 Å². The molecule has 0 spiro atoms. The lowest BCUT2D eigenvalue weighted by Crippen LogP contribution is -2.60. The molecule has 0 radical (unpaired) electrons. The maximum atomic E-state index is 13.9. The summed E-state index contributed by atoms with van der Waals surface area (Å²) in [6.45, 7) is 14.3. The number of ether oxygens (including phenoxy) is 4. The van der Waals surface area contributed by atoms with E-state index < -0.39 is 83.7 Å². The first-order chi connectivity index (χ1) is 29.2. The van der Waals surface area contributed by atoms with Crippen molar-refractivity contribution in [3.8, 4) is 11.3 Å². The Morgan fingerprint density at radius 1 is 1.03 bits per heavy atom. The predicted octanol–water partition coefficient (Wildman–Crippen LogP) is 3.80. The van der Waals surface area contributed by atoms with Gasteiger partial charge in [-0.05, 0) is 78.5 Å². The summed E-state index contributed by atoms with van der Waals surface area (Å²) in [4.78, 5) is 40.7. The number of aliphatic hydroxyl groups is 4. The largest absolute Gasteiger partial charge is 0.459 e. The van der Waals surface area contributed by atoms with Crippen LogP contribution in [0.3, 0.4) is 0 Å². The molecule has 17 nitrogen and oxygen atoms in total. The number of aliphatic hydroxyl groups excluding tert-OH is 3. The van der Waals surface area contributed by atoms with Crippen molar-refractivity contribution in [2.75, 3.05) is 14.2 Å². The minimum absolute atomic E-state index is 0.0818. The summed E-state index contributed by atoms with van der Waals surface area (Å²) in [6.07, 6.45) is -1.53. The van der Waals surface area contributed by atoms with Crippen molar-refractivity contribution >= 4 is 17.7 Å². The van der Waals surface area contributed by atoms with Crippen LogP contribution >= 0.6 is 0 Å². The number of methoxy groups -OCH3 is 1. The van der Waals surface area contributed by atoms with E-state index in [4.69, 9.17) is 24.2 Å². The van der Waals surface area contributed by atoms with Crippen LogP contribution in [0.25, 0.3) is 11.3 Å². The number of hydroxylamine groups is 1. The number of rotatable bonds is 15. The topological polar surface area (TPSA) is 235 Å². The van der Waals surface area contributed by atoms with Gasteiger partial charge in [-0.3, -0.25) is 29.2 Å². The number of likely N-dealkylation sites (N-methyl/N-ethyl adjacent to an activating group) is 1. The molecular formula is C45H73N5O12. The minimum Gasteiger partial charge on any atom is -0.459 e. The van der Waals surface area contributed by atoms with E-state index >= 15 is 0 Å². The number of hydrogen-bond donors (Lipinski definition) is 6. The van der Waals surface area contributed by atoms with Crippen molar-refractivity contribution in [3.63, 3.8) is 0 Å². The fourth-order valence-corrected chi connectivity index (χ4v) is 9.25. The molecule has 6 N–H and O–H groups in total. The van der Waals surface area contributed by atoms with Crippen LogP contribution in [0.15, 0.2) is 30.5 Å². The lowest BCUT2D eigenvalue weighted by atomic mass is 9.74. The molecular weight excluding hydrogens is 803 g/mol. The highest BCUT2D eigenvalue weighted by Gasteiger charge is 2.52. The molecule has 14 atom stereocenters. The van der Waals surface area contributed by atoms with Crippen molar-refractivity contribution in [1.29, 1.82) is 0 Å². The number of Topliss-reactive ketones (excluding diaryl/α,β-unsaturated/α-hetero) is 1. The Balaban J connectivity index is 1.53. The van der Waals surface area contributed by atoms with Gasteiger partial charge in [0.2, 0.25) is 5.91 Å². The number of amides is 1. The van der Waals surface area contributed by atoms with E-state index in [0.717, 1.165) is 36.1 Å². The average Bonchev–Trinajstić information content (AvgIpc) is 3.73. The summed E-state index contributed by atoms with van der Waals surface area (Å²) in [5.41, 5.74) is 1.02. The number of nitrogens with zero attached hydrogens (tertiary/aromatic N) is 4. The molecule has 0 bridgehead atoms. The van der Waals surface area contributed by atoms with Crippen molar-refractivity contribution in [2.45, 2.75) is 180 Å². The lowest BCUT2D eigenvalue weighted by molar-refractivity contribution is -0.302. The maximum Gasteiger partial charge on any atom is 0.311 e. The molecule has 3 heterocycles. The van der Waals surface area contributed by atoms with Gasteiger partial charge in [0.25, 0.3) is 0 Å². The predicted molar refractivity (Wildman–Crippen MR) is 228 cm³/mol. The monoisotopic (exact) mass is 876 g/mol. The standard InChI is InChI=1S/C45H73N5O12/c1-11-35-45(8,57)40(55)28(4)37(52)26(2)23-44(7,59-10)41(29(5)38(53)30(6)42(56)61-35)62-43-39(54)34(21-27(3)60-43)49(9)24-31-17-16-18-32(22-31)33-25-50(48-46-33)20-15-13-12-14-19-36(51)47-58/h16-18,22,25-30,34-35,38-41,43,53-55,57-58H,11-15,19-21,23-24H2,1-10H3,(H,47,51)/t26-,27-,28+,29+,30-,34+,35-,38+,39-,40-,41-,43+,44-,45-/m1/s1. The molecule has 17 heteroatoms. The van der Waals surface area contributed by atoms with Crippen LogP contribution in [0.4, 0.5) is 0 Å². The van der Waals surface area contributed by atoms with E-state index in [9.17, 15) is 34.8 Å². The summed E-state index contributed by atoms with van der Waals surface area (Å²) >= 11 is 0. The zero-order valence-corrected chi connectivity index (χ0v) is 38.3. The zero-order valence-electron chi connectivity index (χ0n) is 38.3. The first-order valence-corrected chi connectivity index (χ1v) is 22.2. The Morgan fingerprint density at radius 2 is 1.73 bits per heavy atom. The highest BCUT2D eigenvalue weighted by Crippen LogP contribution is 2.39. The molecule has 350 valence electrons. The molecule has 0 unspecified atom stereocenters. The first kappa shape index (κ1) is 51.2. The second-order valence-electron chi connectivity index (χ2n) is 18.3. The number of cyclic esters (lactones) is 1. The number of ketones is 1. The molecule has 2 aliphatic heterocycles. The number of nitrogens with one attached hydrogen (secondary N) is 1. The number of carbonyl (C=O) groups is 3. The van der Waals surface area contributed by atoms with Crippen molar-refractivity contribution in [1.82, 2.24) is 25.4 Å². The van der Waals surface area contributed by atoms with Crippen LogP contribution < -0.4 is 5.48 Å². The van der Waals surface area contributed by atoms with E-state index in [-0.39, 0.29) is 30.6 Å². The Kier molecular flexibility index (Phi) is 18.6. The fraction of sp³-hybridized carbons (Fsp3) is 0.756. The van der Waals surface area contributed by atoms with Crippen molar-refractivity contribution in [3.05, 3.63) is 36.0 Å². The van der Waals surface area contributed by atoms with Crippen LogP contribution in [0.2, 0.25) is 0 Å². The molecule has 1 aromatic heterocycles. The summed E-state index contributed by atoms with van der Waals surface area (Å²) in [7, 11) is 3.40. The molecule has 4 rings (SSSR count). The number of carbonyl (C=O) groups excluding carboxylic acids is 3. The van der Waals surface area contributed by atoms with Crippen molar-refractivity contribution < 1.29 is 59.0 Å². The van der Waals surface area contributed by atoms with Gasteiger partial charge in [-0.25, -0.2) is 5.48 Å². The fourth-order valence-electron chi connectivity index (χ4n) is 9.25. The van der Waals surface area contributed by atoms with E-state index in [1.165, 1.54) is 27.9 Å². The molecule has 2 aromatic rings. The van der Waals surface area contributed by atoms with Crippen molar-refractivity contribution in [2.24, 2.45) is 23.7 Å². The second kappa shape index (κ2) is 22.5. The number of esters is 1. The third kappa shape index (κ3) is 12.4. The first-order valence-electron chi connectivity index (χ1n) is 22.2. The maximum absolute atomic E-state index is 13.9. The van der Waals surface area contributed by atoms with Gasteiger partial charge in [0.05, 0.1) is 42.1 Å². The van der Waals surface area contributed by atoms with Crippen LogP contribution in [0, 0.1) is 23.7 Å². The second-order valence-corrected chi connectivity index (χ2v) is 18.3. The number of aromatic nitrogens is 3. The summed E-state index contributed by atoms with van der Waals surface area (Å²) in [6, 6.07) is 7.55. The lowest BCUT2D eigenvalue weighted by Gasteiger charge is -2.48. The molecule has 0 saturated carbocycles. The Morgan fingerprint density at radius 3 is 2.39 bits per heavy atom. The van der Waals surface area contributed by atoms with E-state index in [1.807, 2.05) is 49.3 Å². The summed E-state index contributed by atoms with van der Waals surface area (Å²) in [5.74, 6) is -5.18. The van der Waals surface area contributed by atoms with Gasteiger partial charge in [-0.15, -0.1) is 5.10 Å². The molecule has 2 fully saturated rings. The highest BCUT2D eigenvalue weighted by molar-refractivity contribution is 5.83. The highest BCUT2D eigenvalue weighted by atomic mass is 16.7. The van der Waals surface area contributed by atoms with Gasteiger partial charge in [-0.2, -0.15) is 0 Å². The number of aryl methyl sites for hydroxylation is 1. The molecule has 0 aliphatic carbocycles. The van der Waals surface area contributed by atoms with E-state index in [0.29, 0.717) is 32.4 Å². The number of benzene rings is 1. The molecule has 1 aromatic carbocycles. The Labute approximate surface area is 366 Å². The van der Waals surface area contributed by atoms with E-state index in [2.05, 4.69) is 10.3 Å². The normalized spacial score (nSPS) is 35.4. The minimum atomic E-state index is -1.96. The van der Waals surface area contributed by atoms with Gasteiger partial charge in [-0.1, -0.05) is 63.9 Å². The van der Waals surface area contributed by atoms with Gasteiger partial charge in [0, 0.05) is 56.0 Å². The van der Waals surface area contributed by atoms with Gasteiger partial charge < -0.3 is 39.4 Å². The summed E-state index contributed by atoms with van der Waals surface area (Å²) < 4.78 is 26.7. The summed E-state index contributed by atoms with van der Waals surface area (Å²) in [5, 5.41) is 63.9. The molecule has 62 heavy (non-hydrogen) atoms. The van der Waals surface area contributed by atoms with Gasteiger partial charge >= 0.3 is 5.97 Å². The van der Waals surface area contributed by atoms with Crippen LogP contribution in [-0.2, 0) is 46.4 Å². The van der Waals surface area contributed by atoms with E-state index in [1.54, 1.807) is 37.9 Å². The van der Waals surface area contributed by atoms with Gasteiger partial charge in [0.15, 0.2) is 6.29 Å². The molecule has 1 amide bonds. The smallest absolute Gasteiger partial charge is 0.311 e.